The predicted molar refractivity (Wildman–Crippen MR) is 90.7 cm³/mol. The van der Waals surface area contributed by atoms with E-state index in [1.165, 1.54) is 5.56 Å². The minimum atomic E-state index is 0.140. The zero-order chi connectivity index (χ0) is 15.8. The molecule has 0 radical (unpaired) electrons. The van der Waals surface area contributed by atoms with Gasteiger partial charge in [-0.2, -0.15) is 0 Å². The molecule has 116 valence electrons. The summed E-state index contributed by atoms with van der Waals surface area (Å²) in [5.74, 6) is 0.820. The van der Waals surface area contributed by atoms with Gasteiger partial charge in [-0.05, 0) is 49.2 Å². The standard InChI is InChI=1S/C19H23NO2/c1-15(17-7-4-3-5-8-17)20-16(2)18-9-11-19(12-10-18)22-14-6-13-21/h3-5,7-12,15,21H,6,13-14H2,1-2H3/t15-/m0/s1. The number of rotatable bonds is 7. The van der Waals surface area contributed by atoms with Crippen molar-refractivity contribution in [1.29, 1.82) is 0 Å². The molecule has 0 aliphatic carbocycles. The molecule has 0 saturated carbocycles. The van der Waals surface area contributed by atoms with Gasteiger partial charge in [0, 0.05) is 18.7 Å². The number of aliphatic imine (C=N–C) groups is 1. The molecule has 0 bridgehead atoms. The zero-order valence-corrected chi connectivity index (χ0v) is 13.2. The van der Waals surface area contributed by atoms with E-state index in [1.54, 1.807) is 0 Å². The van der Waals surface area contributed by atoms with Crippen LogP contribution in [0.3, 0.4) is 0 Å². The van der Waals surface area contributed by atoms with Gasteiger partial charge in [-0.25, -0.2) is 0 Å². The van der Waals surface area contributed by atoms with Crippen LogP contribution in [0.1, 0.15) is 37.4 Å². The summed E-state index contributed by atoms with van der Waals surface area (Å²) < 4.78 is 5.53. The molecular weight excluding hydrogens is 274 g/mol. The number of hydrogen-bond acceptors (Lipinski definition) is 3. The van der Waals surface area contributed by atoms with Crippen LogP contribution in [0.5, 0.6) is 5.75 Å². The first-order chi connectivity index (χ1) is 10.7. The maximum atomic E-state index is 8.74. The molecule has 3 heteroatoms. The Morgan fingerprint density at radius 3 is 2.41 bits per heavy atom. The number of ether oxygens (including phenoxy) is 1. The van der Waals surface area contributed by atoms with Gasteiger partial charge in [0.2, 0.25) is 0 Å². The Hall–Kier alpha value is -2.13. The lowest BCUT2D eigenvalue weighted by Gasteiger charge is -2.10. The van der Waals surface area contributed by atoms with Crippen LogP contribution in [0.2, 0.25) is 0 Å². The molecule has 2 aromatic rings. The minimum absolute atomic E-state index is 0.140. The van der Waals surface area contributed by atoms with E-state index in [2.05, 4.69) is 19.1 Å². The fourth-order valence-electron chi connectivity index (χ4n) is 2.22. The molecule has 0 saturated heterocycles. The third-order valence-corrected chi connectivity index (χ3v) is 3.51. The second-order valence-electron chi connectivity index (χ2n) is 5.25. The average Bonchev–Trinajstić information content (AvgIpc) is 2.56. The first-order valence-electron chi connectivity index (χ1n) is 7.64. The molecule has 0 aliphatic heterocycles. The SMILES string of the molecule is CC(=N[C@@H](C)c1ccccc1)c1ccc(OCCCO)cc1. The van der Waals surface area contributed by atoms with Crippen LogP contribution >= 0.6 is 0 Å². The van der Waals surface area contributed by atoms with E-state index in [0.29, 0.717) is 13.0 Å². The van der Waals surface area contributed by atoms with E-state index in [-0.39, 0.29) is 12.6 Å². The highest BCUT2D eigenvalue weighted by molar-refractivity contribution is 5.98. The van der Waals surface area contributed by atoms with Gasteiger partial charge < -0.3 is 9.84 Å². The lowest BCUT2D eigenvalue weighted by atomic mass is 10.1. The summed E-state index contributed by atoms with van der Waals surface area (Å²) in [4.78, 5) is 4.77. The van der Waals surface area contributed by atoms with Crippen molar-refractivity contribution in [2.75, 3.05) is 13.2 Å². The number of nitrogens with zero attached hydrogens (tertiary/aromatic N) is 1. The van der Waals surface area contributed by atoms with E-state index in [9.17, 15) is 0 Å². The largest absolute Gasteiger partial charge is 0.494 e. The van der Waals surface area contributed by atoms with Crippen molar-refractivity contribution in [3.63, 3.8) is 0 Å². The predicted octanol–water partition coefficient (Wildman–Crippen LogP) is 4.02. The van der Waals surface area contributed by atoms with Crippen molar-refractivity contribution in [3.05, 3.63) is 65.7 Å². The van der Waals surface area contributed by atoms with Crippen molar-refractivity contribution in [3.8, 4) is 5.75 Å². The summed E-state index contributed by atoms with van der Waals surface area (Å²) in [7, 11) is 0. The third-order valence-electron chi connectivity index (χ3n) is 3.51. The van der Waals surface area contributed by atoms with E-state index < -0.39 is 0 Å². The fourth-order valence-corrected chi connectivity index (χ4v) is 2.22. The molecule has 0 aliphatic rings. The average molecular weight is 297 g/mol. The fraction of sp³-hybridized carbons (Fsp3) is 0.316. The summed E-state index contributed by atoms with van der Waals surface area (Å²) in [5, 5.41) is 8.74. The molecule has 2 aromatic carbocycles. The van der Waals surface area contributed by atoms with Crippen molar-refractivity contribution in [2.45, 2.75) is 26.3 Å². The first kappa shape index (κ1) is 16.2. The Bertz CT molecular complexity index is 591. The van der Waals surface area contributed by atoms with E-state index >= 15 is 0 Å². The lowest BCUT2D eigenvalue weighted by Crippen LogP contribution is -2.01. The second-order valence-corrected chi connectivity index (χ2v) is 5.25. The van der Waals surface area contributed by atoms with Crippen LogP contribution in [0.4, 0.5) is 0 Å². The topological polar surface area (TPSA) is 41.8 Å². The number of hydrogen-bond donors (Lipinski definition) is 1. The molecule has 0 fully saturated rings. The Balaban J connectivity index is 2.02. The van der Waals surface area contributed by atoms with Crippen molar-refractivity contribution in [1.82, 2.24) is 0 Å². The molecule has 22 heavy (non-hydrogen) atoms. The Labute approximate surface area is 132 Å². The van der Waals surface area contributed by atoms with E-state index in [4.69, 9.17) is 14.8 Å². The highest BCUT2D eigenvalue weighted by Gasteiger charge is 2.05. The highest BCUT2D eigenvalue weighted by Crippen LogP contribution is 2.19. The smallest absolute Gasteiger partial charge is 0.119 e. The molecular formula is C19H23NO2. The monoisotopic (exact) mass is 297 g/mol. The normalized spacial score (nSPS) is 13.0. The van der Waals surface area contributed by atoms with E-state index in [1.807, 2.05) is 49.4 Å². The van der Waals surface area contributed by atoms with Gasteiger partial charge in [0.25, 0.3) is 0 Å². The van der Waals surface area contributed by atoms with Crippen LogP contribution in [-0.2, 0) is 0 Å². The highest BCUT2D eigenvalue weighted by atomic mass is 16.5. The summed E-state index contributed by atoms with van der Waals surface area (Å²) in [5.41, 5.74) is 3.32. The van der Waals surface area contributed by atoms with Gasteiger partial charge in [0.1, 0.15) is 5.75 Å². The maximum absolute atomic E-state index is 8.74. The summed E-state index contributed by atoms with van der Waals surface area (Å²) >= 11 is 0. The molecule has 0 unspecified atom stereocenters. The Kier molecular flexibility index (Phi) is 6.16. The Morgan fingerprint density at radius 2 is 1.77 bits per heavy atom. The van der Waals surface area contributed by atoms with Crippen molar-refractivity contribution < 1.29 is 9.84 Å². The molecule has 0 amide bonds. The Morgan fingerprint density at radius 1 is 1.09 bits per heavy atom. The maximum Gasteiger partial charge on any atom is 0.119 e. The zero-order valence-electron chi connectivity index (χ0n) is 13.2. The second kappa shape index (κ2) is 8.35. The molecule has 0 aromatic heterocycles. The molecule has 3 nitrogen and oxygen atoms in total. The van der Waals surface area contributed by atoms with Crippen LogP contribution in [0.15, 0.2) is 59.6 Å². The molecule has 1 N–H and O–H groups in total. The number of aliphatic hydroxyl groups excluding tert-OH is 1. The van der Waals surface area contributed by atoms with Gasteiger partial charge in [-0.1, -0.05) is 30.3 Å². The number of aliphatic hydroxyl groups is 1. The number of benzene rings is 2. The first-order valence-corrected chi connectivity index (χ1v) is 7.64. The van der Waals surface area contributed by atoms with Crippen LogP contribution in [0.25, 0.3) is 0 Å². The summed E-state index contributed by atoms with van der Waals surface area (Å²) in [6.07, 6.45) is 0.650. The van der Waals surface area contributed by atoms with Crippen molar-refractivity contribution >= 4 is 5.71 Å². The third kappa shape index (κ3) is 4.71. The van der Waals surface area contributed by atoms with Gasteiger partial charge in [0.05, 0.1) is 12.6 Å². The van der Waals surface area contributed by atoms with Crippen molar-refractivity contribution in [2.24, 2.45) is 4.99 Å². The van der Waals surface area contributed by atoms with Gasteiger partial charge in [-0.15, -0.1) is 0 Å². The van der Waals surface area contributed by atoms with E-state index in [0.717, 1.165) is 17.0 Å². The van der Waals surface area contributed by atoms with Crippen LogP contribution < -0.4 is 4.74 Å². The van der Waals surface area contributed by atoms with Gasteiger partial charge in [0.15, 0.2) is 0 Å². The lowest BCUT2D eigenvalue weighted by molar-refractivity contribution is 0.233. The van der Waals surface area contributed by atoms with Crippen LogP contribution in [0, 0.1) is 0 Å². The molecule has 0 spiro atoms. The molecule has 1 atom stereocenters. The molecule has 2 rings (SSSR count). The summed E-state index contributed by atoms with van der Waals surface area (Å²) in [6.45, 7) is 4.82. The minimum Gasteiger partial charge on any atom is -0.494 e. The van der Waals surface area contributed by atoms with Gasteiger partial charge in [-0.3, -0.25) is 4.99 Å². The summed E-state index contributed by atoms with van der Waals surface area (Å²) in [6, 6.07) is 18.3. The van der Waals surface area contributed by atoms with Gasteiger partial charge >= 0.3 is 0 Å². The molecule has 0 heterocycles. The van der Waals surface area contributed by atoms with Crippen LogP contribution in [-0.4, -0.2) is 24.0 Å². The quantitative estimate of drug-likeness (QED) is 0.619.